The van der Waals surface area contributed by atoms with Crippen LogP contribution in [-0.4, -0.2) is 29.7 Å². The minimum atomic E-state index is 0. The fourth-order valence-corrected chi connectivity index (χ4v) is 3.01. The van der Waals surface area contributed by atoms with Crippen molar-refractivity contribution < 1.29 is 0 Å². The summed E-state index contributed by atoms with van der Waals surface area (Å²) in [6.07, 6.45) is 2.73. The number of aromatic amines is 1. The number of nitrogens with zero attached hydrogens (tertiary/aromatic N) is 2. The number of hydrogen-bond donors (Lipinski definition) is 3. The van der Waals surface area contributed by atoms with E-state index in [-0.39, 0.29) is 24.0 Å². The fourth-order valence-electron chi connectivity index (χ4n) is 3.01. The molecular formula is C21H26IN5. The summed E-state index contributed by atoms with van der Waals surface area (Å²) in [7, 11) is 1.79. The Morgan fingerprint density at radius 1 is 0.963 bits per heavy atom. The SMILES string of the molecule is CN=C(NCCC(c1ccccc1)c1ccccc1)NCc1ccn[nH]1.I. The number of nitrogens with one attached hydrogen (secondary N) is 3. The van der Waals surface area contributed by atoms with E-state index in [0.717, 1.165) is 24.6 Å². The molecule has 0 aliphatic heterocycles. The van der Waals surface area contributed by atoms with Crippen LogP contribution in [0.15, 0.2) is 77.9 Å². The van der Waals surface area contributed by atoms with Crippen LogP contribution >= 0.6 is 24.0 Å². The van der Waals surface area contributed by atoms with Gasteiger partial charge in [-0.3, -0.25) is 10.1 Å². The third-order valence-electron chi connectivity index (χ3n) is 4.36. The molecule has 0 amide bonds. The quantitative estimate of drug-likeness (QED) is 0.276. The molecule has 3 aromatic rings. The van der Waals surface area contributed by atoms with Gasteiger partial charge in [-0.1, -0.05) is 60.7 Å². The molecule has 0 aliphatic rings. The molecule has 1 aromatic heterocycles. The van der Waals surface area contributed by atoms with E-state index >= 15 is 0 Å². The van der Waals surface area contributed by atoms with Crippen LogP contribution in [0.25, 0.3) is 0 Å². The van der Waals surface area contributed by atoms with E-state index in [1.807, 2.05) is 6.07 Å². The number of aliphatic imine (C=N–C) groups is 1. The molecule has 0 atom stereocenters. The number of hydrogen-bond acceptors (Lipinski definition) is 2. The molecule has 2 aromatic carbocycles. The minimum Gasteiger partial charge on any atom is -0.356 e. The topological polar surface area (TPSA) is 65.1 Å². The molecule has 3 rings (SSSR count). The van der Waals surface area contributed by atoms with Crippen molar-refractivity contribution in [3.05, 3.63) is 89.7 Å². The molecule has 0 unspecified atom stereocenters. The molecule has 0 aliphatic carbocycles. The lowest BCUT2D eigenvalue weighted by molar-refractivity contribution is 0.677. The molecule has 6 heteroatoms. The zero-order chi connectivity index (χ0) is 18.0. The Labute approximate surface area is 177 Å². The Hall–Kier alpha value is -2.35. The number of halogens is 1. The second-order valence-electron chi connectivity index (χ2n) is 6.10. The monoisotopic (exact) mass is 475 g/mol. The van der Waals surface area contributed by atoms with Crippen molar-refractivity contribution in [2.24, 2.45) is 4.99 Å². The lowest BCUT2D eigenvalue weighted by Gasteiger charge is -2.19. The molecule has 0 saturated heterocycles. The van der Waals surface area contributed by atoms with Crippen molar-refractivity contribution in [2.45, 2.75) is 18.9 Å². The van der Waals surface area contributed by atoms with E-state index in [0.29, 0.717) is 12.5 Å². The maximum Gasteiger partial charge on any atom is 0.191 e. The fraction of sp³-hybridized carbons (Fsp3) is 0.238. The van der Waals surface area contributed by atoms with Crippen LogP contribution in [0.2, 0.25) is 0 Å². The molecule has 0 spiro atoms. The van der Waals surface area contributed by atoms with Crippen LogP contribution < -0.4 is 10.6 Å². The van der Waals surface area contributed by atoms with E-state index in [2.05, 4.69) is 86.5 Å². The number of rotatable bonds is 7. The summed E-state index contributed by atoms with van der Waals surface area (Å²) < 4.78 is 0. The molecular weight excluding hydrogens is 449 g/mol. The Bertz CT molecular complexity index is 748. The normalized spacial score (nSPS) is 11.1. The van der Waals surface area contributed by atoms with E-state index in [9.17, 15) is 0 Å². The lowest BCUT2D eigenvalue weighted by atomic mass is 9.88. The average molecular weight is 475 g/mol. The highest BCUT2D eigenvalue weighted by molar-refractivity contribution is 14.0. The van der Waals surface area contributed by atoms with Gasteiger partial charge in [-0.15, -0.1) is 24.0 Å². The number of benzene rings is 2. The van der Waals surface area contributed by atoms with Crippen molar-refractivity contribution in [2.75, 3.05) is 13.6 Å². The van der Waals surface area contributed by atoms with Crippen molar-refractivity contribution >= 4 is 29.9 Å². The van der Waals surface area contributed by atoms with Crippen molar-refractivity contribution in [3.63, 3.8) is 0 Å². The Morgan fingerprint density at radius 2 is 1.59 bits per heavy atom. The van der Waals surface area contributed by atoms with E-state index in [1.165, 1.54) is 11.1 Å². The summed E-state index contributed by atoms with van der Waals surface area (Å²) in [4.78, 5) is 4.29. The second kappa shape index (κ2) is 11.4. The highest BCUT2D eigenvalue weighted by Crippen LogP contribution is 2.27. The van der Waals surface area contributed by atoms with Crippen molar-refractivity contribution in [1.29, 1.82) is 0 Å². The predicted molar refractivity (Wildman–Crippen MR) is 122 cm³/mol. The lowest BCUT2D eigenvalue weighted by Crippen LogP contribution is -2.37. The molecule has 0 bridgehead atoms. The maximum absolute atomic E-state index is 4.29. The van der Waals surface area contributed by atoms with Gasteiger partial charge in [-0.05, 0) is 23.6 Å². The van der Waals surface area contributed by atoms with E-state index < -0.39 is 0 Å². The first kappa shape index (κ1) is 21.0. The van der Waals surface area contributed by atoms with Gasteiger partial charge >= 0.3 is 0 Å². The summed E-state index contributed by atoms with van der Waals surface area (Å²) in [5.74, 6) is 1.15. The Kier molecular flexibility index (Phi) is 8.83. The van der Waals surface area contributed by atoms with Gasteiger partial charge in [-0.25, -0.2) is 0 Å². The van der Waals surface area contributed by atoms with Gasteiger partial charge < -0.3 is 10.6 Å². The predicted octanol–water partition coefficient (Wildman–Crippen LogP) is 3.91. The van der Waals surface area contributed by atoms with Crippen LogP contribution in [0.1, 0.15) is 29.2 Å². The largest absolute Gasteiger partial charge is 0.356 e. The van der Waals surface area contributed by atoms with Crippen LogP contribution in [0.4, 0.5) is 0 Å². The Morgan fingerprint density at radius 3 is 2.11 bits per heavy atom. The van der Waals surface area contributed by atoms with Gasteiger partial charge in [0.2, 0.25) is 0 Å². The van der Waals surface area contributed by atoms with Gasteiger partial charge in [0.15, 0.2) is 5.96 Å². The minimum absolute atomic E-state index is 0. The molecule has 142 valence electrons. The zero-order valence-electron chi connectivity index (χ0n) is 15.4. The summed E-state index contributed by atoms with van der Waals surface area (Å²) in [5, 5.41) is 13.6. The highest BCUT2D eigenvalue weighted by atomic mass is 127. The first-order chi connectivity index (χ1) is 12.9. The molecule has 5 nitrogen and oxygen atoms in total. The second-order valence-corrected chi connectivity index (χ2v) is 6.10. The zero-order valence-corrected chi connectivity index (χ0v) is 17.8. The third-order valence-corrected chi connectivity index (χ3v) is 4.36. The van der Waals surface area contributed by atoms with Crippen LogP contribution in [0.5, 0.6) is 0 Å². The number of aromatic nitrogens is 2. The van der Waals surface area contributed by atoms with Gasteiger partial charge in [0.1, 0.15) is 0 Å². The van der Waals surface area contributed by atoms with Gasteiger partial charge in [-0.2, -0.15) is 5.10 Å². The first-order valence-electron chi connectivity index (χ1n) is 8.89. The highest BCUT2D eigenvalue weighted by Gasteiger charge is 2.13. The van der Waals surface area contributed by atoms with Gasteiger partial charge in [0.05, 0.1) is 12.2 Å². The summed E-state index contributed by atoms with van der Waals surface area (Å²) in [6.45, 7) is 1.50. The molecule has 0 saturated carbocycles. The maximum atomic E-state index is 4.29. The number of H-pyrrole nitrogens is 1. The third kappa shape index (κ3) is 6.39. The van der Waals surface area contributed by atoms with Crippen LogP contribution in [0, 0.1) is 0 Å². The summed E-state index contributed by atoms with van der Waals surface area (Å²) in [5.41, 5.74) is 3.70. The van der Waals surface area contributed by atoms with Gasteiger partial charge in [0.25, 0.3) is 0 Å². The van der Waals surface area contributed by atoms with Crippen LogP contribution in [0.3, 0.4) is 0 Å². The molecule has 0 radical (unpaired) electrons. The summed E-state index contributed by atoms with van der Waals surface area (Å²) >= 11 is 0. The van der Waals surface area contributed by atoms with Crippen molar-refractivity contribution in [1.82, 2.24) is 20.8 Å². The van der Waals surface area contributed by atoms with Crippen LogP contribution in [-0.2, 0) is 6.54 Å². The molecule has 3 N–H and O–H groups in total. The summed E-state index contributed by atoms with van der Waals surface area (Å²) in [6, 6.07) is 23.3. The van der Waals surface area contributed by atoms with Crippen molar-refractivity contribution in [3.8, 4) is 0 Å². The standard InChI is InChI=1S/C21H25N5.HI/c1-22-21(24-16-19-12-15-25-26-19)23-14-13-20(17-8-4-2-5-9-17)18-10-6-3-7-11-18;/h2-12,15,20H,13-14,16H2,1H3,(H,25,26)(H2,22,23,24);1H. The average Bonchev–Trinajstić information content (AvgIpc) is 3.22. The molecule has 0 fully saturated rings. The molecule has 27 heavy (non-hydrogen) atoms. The number of guanidine groups is 1. The smallest absolute Gasteiger partial charge is 0.191 e. The van der Waals surface area contributed by atoms with E-state index in [4.69, 9.17) is 0 Å². The van der Waals surface area contributed by atoms with E-state index in [1.54, 1.807) is 13.2 Å². The first-order valence-corrected chi connectivity index (χ1v) is 8.89. The Balaban J connectivity index is 0.00000261. The van der Waals surface area contributed by atoms with Gasteiger partial charge in [0, 0.05) is 25.7 Å². The molecule has 1 heterocycles.